The summed E-state index contributed by atoms with van der Waals surface area (Å²) in [5.74, 6) is 0.179. The van der Waals surface area contributed by atoms with E-state index in [4.69, 9.17) is 0 Å². The van der Waals surface area contributed by atoms with Gasteiger partial charge in [-0.1, -0.05) is 49.4 Å². The van der Waals surface area contributed by atoms with Crippen LogP contribution in [0.2, 0.25) is 0 Å². The molecule has 1 aliphatic heterocycles. The summed E-state index contributed by atoms with van der Waals surface area (Å²) in [4.78, 5) is 28.8. The number of aryl methyl sites for hydroxylation is 1. The third kappa shape index (κ3) is 5.28. The van der Waals surface area contributed by atoms with Gasteiger partial charge in [-0.3, -0.25) is 4.79 Å². The van der Waals surface area contributed by atoms with Gasteiger partial charge in [-0.25, -0.2) is 4.79 Å². The Morgan fingerprint density at radius 1 is 1.13 bits per heavy atom. The number of urea groups is 1. The Bertz CT molecular complexity index is 907. The molecule has 5 heteroatoms. The van der Waals surface area contributed by atoms with Gasteiger partial charge in [-0.15, -0.1) is 0 Å². The number of carbonyl (C=O) groups is 2. The van der Waals surface area contributed by atoms with Crippen LogP contribution < -0.4 is 5.32 Å². The van der Waals surface area contributed by atoms with Crippen LogP contribution in [0.5, 0.6) is 0 Å². The quantitative estimate of drug-likeness (QED) is 0.710. The lowest BCUT2D eigenvalue weighted by atomic mass is 9.97. The highest BCUT2D eigenvalue weighted by Gasteiger charge is 2.22. The maximum atomic E-state index is 12.8. The van der Waals surface area contributed by atoms with E-state index in [1.165, 1.54) is 16.7 Å². The lowest BCUT2D eigenvalue weighted by Crippen LogP contribution is -2.48. The zero-order valence-electron chi connectivity index (χ0n) is 18.6. The monoisotopic (exact) mass is 407 g/mol. The van der Waals surface area contributed by atoms with E-state index < -0.39 is 0 Å². The molecule has 0 radical (unpaired) electrons. The maximum Gasteiger partial charge on any atom is 0.317 e. The minimum absolute atomic E-state index is 0.00331. The molecule has 0 saturated carbocycles. The summed E-state index contributed by atoms with van der Waals surface area (Å²) in [6, 6.07) is 14.6. The molecule has 2 aromatic carbocycles. The van der Waals surface area contributed by atoms with Crippen LogP contribution in [0.15, 0.2) is 42.5 Å². The molecule has 0 spiro atoms. The first-order valence-electron chi connectivity index (χ1n) is 10.8. The van der Waals surface area contributed by atoms with Crippen LogP contribution in [0, 0.1) is 6.92 Å². The lowest BCUT2D eigenvalue weighted by molar-refractivity contribution is 0.0987. The van der Waals surface area contributed by atoms with E-state index in [1.54, 1.807) is 0 Å². The standard InChI is InChI=1S/C25H33N3O2/c1-5-24(29)23-11-10-19(14-18(23)2)15-22(27(3)4)16-26-25(30)28-13-12-20-8-6-7-9-21(20)17-28/h6-11,14,22H,5,12-13,15-17H2,1-4H3,(H,26,30)/t22-/m0/s1. The number of nitrogens with zero attached hydrogens (tertiary/aromatic N) is 2. The average molecular weight is 408 g/mol. The van der Waals surface area contributed by atoms with Crippen LogP contribution >= 0.6 is 0 Å². The second kappa shape index (κ2) is 9.90. The lowest BCUT2D eigenvalue weighted by Gasteiger charge is -2.31. The van der Waals surface area contributed by atoms with Gasteiger partial charge in [0.2, 0.25) is 0 Å². The molecule has 1 aliphatic rings. The molecule has 0 bridgehead atoms. The van der Waals surface area contributed by atoms with Crippen molar-refractivity contribution in [3.8, 4) is 0 Å². The molecule has 0 aliphatic carbocycles. The summed E-state index contributed by atoms with van der Waals surface area (Å²) < 4.78 is 0. The Kier molecular flexibility index (Phi) is 7.27. The zero-order chi connectivity index (χ0) is 21.7. The summed E-state index contributed by atoms with van der Waals surface area (Å²) in [6.07, 6.45) is 2.24. The highest BCUT2D eigenvalue weighted by Crippen LogP contribution is 2.19. The predicted octanol–water partition coefficient (Wildman–Crippen LogP) is 3.83. The van der Waals surface area contributed by atoms with E-state index in [-0.39, 0.29) is 17.9 Å². The Morgan fingerprint density at radius 2 is 1.87 bits per heavy atom. The first-order valence-corrected chi connectivity index (χ1v) is 10.8. The van der Waals surface area contributed by atoms with Crippen molar-refractivity contribution >= 4 is 11.8 Å². The van der Waals surface area contributed by atoms with E-state index in [0.29, 0.717) is 19.5 Å². The Morgan fingerprint density at radius 3 is 2.53 bits per heavy atom. The van der Waals surface area contributed by atoms with Crippen molar-refractivity contribution < 1.29 is 9.59 Å². The van der Waals surface area contributed by atoms with Gasteiger partial charge in [0, 0.05) is 37.7 Å². The summed E-state index contributed by atoms with van der Waals surface area (Å²) >= 11 is 0. The van der Waals surface area contributed by atoms with E-state index in [1.807, 2.05) is 51.0 Å². The van der Waals surface area contributed by atoms with Gasteiger partial charge >= 0.3 is 6.03 Å². The molecule has 5 nitrogen and oxygen atoms in total. The summed E-state index contributed by atoms with van der Waals surface area (Å²) in [6.45, 7) is 5.88. The highest BCUT2D eigenvalue weighted by atomic mass is 16.2. The van der Waals surface area contributed by atoms with Crippen molar-refractivity contribution in [1.29, 1.82) is 0 Å². The number of carbonyl (C=O) groups excluding carboxylic acids is 2. The molecule has 1 atom stereocenters. The van der Waals surface area contributed by atoms with Crippen molar-refractivity contribution in [2.45, 2.75) is 45.7 Å². The van der Waals surface area contributed by atoms with Crippen LogP contribution in [0.25, 0.3) is 0 Å². The van der Waals surface area contributed by atoms with Crippen LogP contribution in [-0.2, 0) is 19.4 Å². The van der Waals surface area contributed by atoms with E-state index in [0.717, 1.165) is 30.5 Å². The van der Waals surface area contributed by atoms with E-state index in [9.17, 15) is 9.59 Å². The number of fused-ring (bicyclic) bond motifs is 1. The summed E-state index contributed by atoms with van der Waals surface area (Å²) in [5, 5.41) is 3.13. The van der Waals surface area contributed by atoms with Crippen molar-refractivity contribution in [2.75, 3.05) is 27.2 Å². The van der Waals surface area contributed by atoms with Crippen molar-refractivity contribution in [2.24, 2.45) is 0 Å². The molecule has 1 heterocycles. The Labute approximate surface area is 180 Å². The fraction of sp³-hybridized carbons (Fsp3) is 0.440. The predicted molar refractivity (Wildman–Crippen MR) is 121 cm³/mol. The number of benzene rings is 2. The van der Waals surface area contributed by atoms with Crippen LogP contribution in [0.1, 0.15) is 46.0 Å². The Hall–Kier alpha value is -2.66. The second-order valence-corrected chi connectivity index (χ2v) is 8.37. The highest BCUT2D eigenvalue weighted by molar-refractivity contribution is 5.97. The molecule has 0 unspecified atom stereocenters. The number of amides is 2. The normalized spacial score (nSPS) is 14.4. The molecule has 1 N–H and O–H groups in total. The number of rotatable bonds is 7. The van der Waals surface area contributed by atoms with E-state index >= 15 is 0 Å². The molecule has 3 rings (SSSR count). The molecule has 2 aromatic rings. The van der Waals surface area contributed by atoms with Crippen LogP contribution in [0.4, 0.5) is 4.79 Å². The average Bonchev–Trinajstić information content (AvgIpc) is 2.75. The minimum atomic E-state index is -0.00331. The maximum absolute atomic E-state index is 12.8. The molecule has 160 valence electrons. The first kappa shape index (κ1) is 22.0. The van der Waals surface area contributed by atoms with Gasteiger partial charge < -0.3 is 15.1 Å². The smallest absolute Gasteiger partial charge is 0.317 e. The van der Waals surface area contributed by atoms with Gasteiger partial charge in [0.1, 0.15) is 0 Å². The van der Waals surface area contributed by atoms with Crippen LogP contribution in [-0.4, -0.2) is 54.8 Å². The third-order valence-corrected chi connectivity index (χ3v) is 6.02. The topological polar surface area (TPSA) is 52.7 Å². The second-order valence-electron chi connectivity index (χ2n) is 8.37. The molecular formula is C25H33N3O2. The minimum Gasteiger partial charge on any atom is -0.336 e. The number of likely N-dealkylation sites (N-methyl/N-ethyl adjacent to an activating group) is 1. The van der Waals surface area contributed by atoms with Crippen molar-refractivity contribution in [3.63, 3.8) is 0 Å². The number of hydrogen-bond donors (Lipinski definition) is 1. The number of nitrogens with one attached hydrogen (secondary N) is 1. The molecular weight excluding hydrogens is 374 g/mol. The molecule has 30 heavy (non-hydrogen) atoms. The molecule has 0 aromatic heterocycles. The van der Waals surface area contributed by atoms with Crippen LogP contribution in [0.3, 0.4) is 0 Å². The zero-order valence-corrected chi connectivity index (χ0v) is 18.6. The number of Topliss-reactive ketones (excluding diaryl/α,β-unsaturated/α-hetero) is 1. The van der Waals surface area contributed by atoms with Crippen molar-refractivity contribution in [1.82, 2.24) is 15.1 Å². The van der Waals surface area contributed by atoms with Gasteiger partial charge in [0.05, 0.1) is 0 Å². The van der Waals surface area contributed by atoms with E-state index in [2.05, 4.69) is 34.5 Å². The number of hydrogen-bond acceptors (Lipinski definition) is 3. The van der Waals surface area contributed by atoms with Gasteiger partial charge in [0.15, 0.2) is 5.78 Å². The van der Waals surface area contributed by atoms with Gasteiger partial charge in [-0.05, 0) is 56.1 Å². The summed E-state index contributed by atoms with van der Waals surface area (Å²) in [7, 11) is 4.07. The Balaban J connectivity index is 1.59. The third-order valence-electron chi connectivity index (χ3n) is 6.02. The van der Waals surface area contributed by atoms with Gasteiger partial charge in [-0.2, -0.15) is 0 Å². The summed E-state index contributed by atoms with van der Waals surface area (Å²) in [5.41, 5.74) is 5.59. The fourth-order valence-electron chi connectivity index (χ4n) is 4.05. The molecule has 0 fully saturated rings. The fourth-order valence-corrected chi connectivity index (χ4v) is 4.05. The molecule has 2 amide bonds. The number of ketones is 1. The SMILES string of the molecule is CCC(=O)c1ccc(C[C@@H](CNC(=O)N2CCc3ccccc3C2)N(C)C)cc1C. The first-order chi connectivity index (χ1) is 14.4. The molecule has 0 saturated heterocycles. The largest absolute Gasteiger partial charge is 0.336 e. The van der Waals surface area contributed by atoms with Crippen molar-refractivity contribution in [3.05, 3.63) is 70.3 Å². The van der Waals surface area contributed by atoms with Gasteiger partial charge in [0.25, 0.3) is 0 Å².